The van der Waals surface area contributed by atoms with Crippen molar-refractivity contribution in [1.29, 1.82) is 0 Å². The summed E-state index contributed by atoms with van der Waals surface area (Å²) in [5.74, 6) is -1.53. The number of rotatable bonds is 20. The summed E-state index contributed by atoms with van der Waals surface area (Å²) in [6.07, 6.45) is 1.39. The molecule has 0 amide bonds. The zero-order valence-electron chi connectivity index (χ0n) is 30.6. The average Bonchev–Trinajstić information content (AvgIpc) is 3.03. The van der Waals surface area contributed by atoms with E-state index >= 15 is 0 Å². The van der Waals surface area contributed by atoms with E-state index in [1.165, 1.54) is 0 Å². The van der Waals surface area contributed by atoms with E-state index in [-0.39, 0.29) is 44.9 Å². The quantitative estimate of drug-likeness (QED) is 0.122. The smallest absolute Gasteiger partial charge is 0.336 e. The molecule has 19 nitrogen and oxygen atoms in total. The predicted octanol–water partition coefficient (Wildman–Crippen LogP) is -1.45. The molecule has 0 saturated carbocycles. The minimum Gasteiger partial charge on any atom is -0.466 e. The summed E-state index contributed by atoms with van der Waals surface area (Å²) in [4.78, 5) is 102. The Bertz CT molecular complexity index is 1850. The molecule has 0 aromatic carbocycles. The average molecular weight is 729 g/mol. The molecule has 19 heteroatoms. The maximum absolute atomic E-state index is 13.0. The Morgan fingerprint density at radius 1 is 0.510 bits per heavy atom. The van der Waals surface area contributed by atoms with Crippen molar-refractivity contribution < 1.29 is 33.6 Å². The van der Waals surface area contributed by atoms with Gasteiger partial charge in [0.25, 0.3) is 0 Å². The summed E-state index contributed by atoms with van der Waals surface area (Å²) in [6.45, 7) is 9.10. The SMILES string of the molecule is Cn1c(=O)n(CCC(=O)OCCCCCOC(C)(C)C)c(=O)n(CCC(=O)OCCn2c(=O)n(CCO)c(=O)n(CCOC(C)(C)C)c2=O)c1=O. The predicted molar refractivity (Wildman–Crippen MR) is 183 cm³/mol. The minimum atomic E-state index is -1.03. The van der Waals surface area contributed by atoms with Crippen LogP contribution in [0, 0.1) is 0 Å². The summed E-state index contributed by atoms with van der Waals surface area (Å²) >= 11 is 0. The Kier molecular flexibility index (Phi) is 16.2. The van der Waals surface area contributed by atoms with Gasteiger partial charge in [-0.05, 0) is 60.8 Å². The molecule has 0 aliphatic heterocycles. The van der Waals surface area contributed by atoms with Crippen LogP contribution in [0.25, 0.3) is 0 Å². The zero-order chi connectivity index (χ0) is 38.5. The molecule has 0 aliphatic carbocycles. The first-order valence-corrected chi connectivity index (χ1v) is 16.8. The van der Waals surface area contributed by atoms with Crippen LogP contribution in [0.1, 0.15) is 73.6 Å². The van der Waals surface area contributed by atoms with E-state index in [0.717, 1.165) is 24.5 Å². The lowest BCUT2D eigenvalue weighted by molar-refractivity contribution is -0.145. The van der Waals surface area contributed by atoms with E-state index in [0.29, 0.717) is 35.9 Å². The maximum Gasteiger partial charge on any atom is 0.336 e. The number of nitrogens with zero attached hydrogens (tertiary/aromatic N) is 6. The first-order valence-electron chi connectivity index (χ1n) is 16.8. The summed E-state index contributed by atoms with van der Waals surface area (Å²) in [5.41, 5.74) is -6.65. The Hall–Kier alpha value is -4.36. The second-order valence-corrected chi connectivity index (χ2v) is 13.7. The number of esters is 2. The standard InChI is InChI=1S/C32H52N6O13/c1-31(2,3)50-20-10-8-9-19-48-23(40)11-13-34-25(42)33(7)26(43)35(27(34)44)14-12-24(41)49-21-16-37-28(45)36(15-18-39)29(46)38(30(37)47)17-22-51-32(4,5)6/h39H,8-22H2,1-7H3. The molecule has 0 fully saturated rings. The van der Waals surface area contributed by atoms with Gasteiger partial charge in [0.2, 0.25) is 0 Å². The highest BCUT2D eigenvalue weighted by Crippen LogP contribution is 2.08. The van der Waals surface area contributed by atoms with Crippen molar-refractivity contribution in [3.63, 3.8) is 0 Å². The molecule has 1 N–H and O–H groups in total. The van der Waals surface area contributed by atoms with Crippen LogP contribution in [0.15, 0.2) is 28.8 Å². The molecule has 288 valence electrons. The minimum absolute atomic E-state index is 0.0180. The fourth-order valence-electron chi connectivity index (χ4n) is 4.68. The monoisotopic (exact) mass is 728 g/mol. The first kappa shape index (κ1) is 42.8. The van der Waals surface area contributed by atoms with E-state index in [9.17, 15) is 43.5 Å². The van der Waals surface area contributed by atoms with Gasteiger partial charge in [0.05, 0.1) is 63.5 Å². The van der Waals surface area contributed by atoms with Crippen LogP contribution in [0.3, 0.4) is 0 Å². The Balaban J connectivity index is 2.02. The number of aliphatic hydroxyl groups excluding tert-OH is 1. The van der Waals surface area contributed by atoms with Crippen LogP contribution in [-0.2, 0) is 68.3 Å². The third-order valence-corrected chi connectivity index (χ3v) is 7.30. The summed E-state index contributed by atoms with van der Waals surface area (Å²) in [6, 6.07) is 0. The lowest BCUT2D eigenvalue weighted by Crippen LogP contribution is -2.55. The topological polar surface area (TPSA) is 223 Å². The number of aliphatic hydroxyl groups is 1. The molecule has 2 rings (SSSR count). The van der Waals surface area contributed by atoms with Crippen LogP contribution in [0.4, 0.5) is 0 Å². The number of hydrogen-bond acceptors (Lipinski definition) is 13. The summed E-state index contributed by atoms with van der Waals surface area (Å²) in [5, 5.41) is 9.35. The fourth-order valence-corrected chi connectivity index (χ4v) is 4.68. The third-order valence-electron chi connectivity index (χ3n) is 7.30. The molecule has 0 radical (unpaired) electrons. The van der Waals surface area contributed by atoms with Crippen LogP contribution < -0.4 is 34.1 Å². The molecule has 0 aliphatic rings. The Morgan fingerprint density at radius 2 is 0.882 bits per heavy atom. The van der Waals surface area contributed by atoms with Crippen molar-refractivity contribution >= 4 is 11.9 Å². The van der Waals surface area contributed by atoms with Gasteiger partial charge in [-0.1, -0.05) is 0 Å². The van der Waals surface area contributed by atoms with Crippen molar-refractivity contribution in [3.05, 3.63) is 62.9 Å². The summed E-state index contributed by atoms with van der Waals surface area (Å²) in [7, 11) is 1.15. The number of aromatic nitrogens is 6. The molecule has 0 saturated heterocycles. The molecular formula is C32H52N6O13. The van der Waals surface area contributed by atoms with E-state index in [1.54, 1.807) is 20.8 Å². The fraction of sp³-hybridized carbons (Fsp3) is 0.750. The zero-order valence-corrected chi connectivity index (χ0v) is 30.6. The van der Waals surface area contributed by atoms with Crippen LogP contribution in [-0.4, -0.2) is 88.7 Å². The molecule has 0 unspecified atom stereocenters. The van der Waals surface area contributed by atoms with E-state index in [1.807, 2.05) is 20.8 Å². The Labute approximate surface area is 293 Å². The highest BCUT2D eigenvalue weighted by Gasteiger charge is 2.19. The molecule has 2 aromatic rings. The van der Waals surface area contributed by atoms with Gasteiger partial charge < -0.3 is 24.1 Å². The van der Waals surface area contributed by atoms with E-state index < -0.39 is 84.4 Å². The highest BCUT2D eigenvalue weighted by molar-refractivity contribution is 5.69. The number of hydrogen-bond donors (Lipinski definition) is 1. The van der Waals surface area contributed by atoms with Crippen molar-refractivity contribution in [2.45, 2.75) is 118 Å². The number of ether oxygens (including phenoxy) is 4. The number of unbranched alkanes of at least 4 members (excludes halogenated alkanes) is 2. The maximum atomic E-state index is 13.0. The summed E-state index contributed by atoms with van der Waals surface area (Å²) < 4.78 is 25.7. The van der Waals surface area contributed by atoms with Gasteiger partial charge in [0.15, 0.2) is 0 Å². The van der Waals surface area contributed by atoms with Crippen molar-refractivity contribution in [2.24, 2.45) is 7.05 Å². The van der Waals surface area contributed by atoms with Gasteiger partial charge in [-0.25, -0.2) is 56.2 Å². The first-order chi connectivity index (χ1) is 23.8. The van der Waals surface area contributed by atoms with Gasteiger partial charge in [-0.3, -0.25) is 9.59 Å². The van der Waals surface area contributed by atoms with Gasteiger partial charge in [0.1, 0.15) is 6.61 Å². The second-order valence-electron chi connectivity index (χ2n) is 13.7. The molecular weight excluding hydrogens is 676 g/mol. The van der Waals surface area contributed by atoms with Crippen LogP contribution in [0.5, 0.6) is 0 Å². The van der Waals surface area contributed by atoms with Gasteiger partial charge in [-0.15, -0.1) is 0 Å². The van der Waals surface area contributed by atoms with E-state index in [2.05, 4.69) is 0 Å². The van der Waals surface area contributed by atoms with E-state index in [4.69, 9.17) is 18.9 Å². The third kappa shape index (κ3) is 13.4. The van der Waals surface area contributed by atoms with Gasteiger partial charge >= 0.3 is 46.1 Å². The largest absolute Gasteiger partial charge is 0.466 e. The second kappa shape index (κ2) is 19.3. The highest BCUT2D eigenvalue weighted by atomic mass is 16.5. The number of carbonyl (C=O) groups is 2. The van der Waals surface area contributed by atoms with Crippen LogP contribution >= 0.6 is 0 Å². The normalized spacial score (nSPS) is 11.9. The molecule has 51 heavy (non-hydrogen) atoms. The van der Waals surface area contributed by atoms with Crippen LogP contribution in [0.2, 0.25) is 0 Å². The molecule has 0 atom stereocenters. The molecule has 2 heterocycles. The molecule has 2 aromatic heterocycles. The number of carbonyl (C=O) groups excluding carboxylic acids is 2. The lowest BCUT2D eigenvalue weighted by Gasteiger charge is -2.20. The van der Waals surface area contributed by atoms with Crippen molar-refractivity contribution in [2.75, 3.05) is 33.0 Å². The molecule has 0 spiro atoms. The van der Waals surface area contributed by atoms with Crippen molar-refractivity contribution in [1.82, 2.24) is 27.4 Å². The van der Waals surface area contributed by atoms with Gasteiger partial charge in [0, 0.05) is 26.7 Å². The van der Waals surface area contributed by atoms with Crippen molar-refractivity contribution in [3.8, 4) is 0 Å². The van der Waals surface area contributed by atoms with Gasteiger partial charge in [-0.2, -0.15) is 0 Å². The molecule has 0 bridgehead atoms. The Morgan fingerprint density at radius 3 is 1.33 bits per heavy atom. The lowest BCUT2D eigenvalue weighted by atomic mass is 10.2.